The van der Waals surface area contributed by atoms with Crippen LogP contribution in [0.25, 0.3) is 0 Å². The van der Waals surface area contributed by atoms with Gasteiger partial charge in [0.2, 0.25) is 0 Å². The maximum atomic E-state index is 13.1. The number of carbonyl (C=O) groups is 2. The van der Waals surface area contributed by atoms with Gasteiger partial charge in [0.15, 0.2) is 0 Å². The molecule has 12 heteroatoms. The van der Waals surface area contributed by atoms with Crippen LogP contribution in [-0.4, -0.2) is 82.7 Å². The number of ketones is 1. The Balaban J connectivity index is 1.09. The van der Waals surface area contributed by atoms with E-state index in [-0.39, 0.29) is 17.3 Å². The Bertz CT molecular complexity index is 1400. The van der Waals surface area contributed by atoms with Crippen molar-refractivity contribution in [2.75, 3.05) is 38.7 Å². The zero-order valence-corrected chi connectivity index (χ0v) is 32.1. The fourth-order valence-corrected chi connectivity index (χ4v) is 11.1. The Hall–Kier alpha value is -2.08. The highest BCUT2D eigenvalue weighted by Gasteiger charge is 2.57. The van der Waals surface area contributed by atoms with Crippen LogP contribution in [0.2, 0.25) is 0 Å². The van der Waals surface area contributed by atoms with Crippen molar-refractivity contribution in [1.82, 2.24) is 9.80 Å². The Morgan fingerprint density at radius 1 is 0.942 bits per heavy atom. The van der Waals surface area contributed by atoms with Crippen molar-refractivity contribution in [2.45, 2.75) is 140 Å². The normalized spacial score (nSPS) is 27.3. The number of unbranched alkanes of at least 4 members (excludes halogenated alkanes) is 6. The van der Waals surface area contributed by atoms with Crippen LogP contribution in [0.4, 0.5) is 26.7 Å². The van der Waals surface area contributed by atoms with Crippen molar-refractivity contribution < 1.29 is 40.5 Å². The predicted molar refractivity (Wildman–Crippen MR) is 194 cm³/mol. The van der Waals surface area contributed by atoms with Crippen molar-refractivity contribution in [2.24, 2.45) is 23.2 Å². The van der Waals surface area contributed by atoms with Crippen molar-refractivity contribution in [3.8, 4) is 5.75 Å². The number of hydrogen-bond acceptors (Lipinski definition) is 5. The molecule has 4 aliphatic rings. The molecule has 0 bridgehead atoms. The van der Waals surface area contributed by atoms with Crippen molar-refractivity contribution >= 4 is 22.7 Å². The molecule has 1 aromatic carbocycles. The highest BCUT2D eigenvalue weighted by molar-refractivity contribution is 7.84. The zero-order valence-electron chi connectivity index (χ0n) is 31.3. The van der Waals surface area contributed by atoms with Crippen LogP contribution in [0, 0.1) is 23.2 Å². The van der Waals surface area contributed by atoms with E-state index < -0.39 is 35.7 Å². The van der Waals surface area contributed by atoms with Gasteiger partial charge in [0.05, 0.1) is 0 Å². The first-order chi connectivity index (χ1) is 24.6. The standard InChI is InChI=1S/C40H59F5N2O4S/c1-38-21-17-33-32-14-13-31(51-37(49)47-22-18-30(19-23-47)46(2)3)27-29(32)26-28(36(33)34(38)15-16-35(38)48)12-9-7-5-4-6-8-10-24-52(50)25-11-20-39(41,42)40(43,44)45/h13-14,27-28,30,33-34,36H,4-12,15-26H2,1-3H3/t28-,33-,34+,36-,38+,52?/m1/s1. The van der Waals surface area contributed by atoms with Gasteiger partial charge in [-0.1, -0.05) is 51.5 Å². The molecule has 6 nitrogen and oxygen atoms in total. The molecule has 52 heavy (non-hydrogen) atoms. The van der Waals surface area contributed by atoms with E-state index in [0.717, 1.165) is 83.5 Å². The van der Waals surface area contributed by atoms with Gasteiger partial charge >= 0.3 is 18.2 Å². The number of hydrogen-bond donors (Lipinski definition) is 0. The lowest BCUT2D eigenvalue weighted by Crippen LogP contribution is -2.46. The lowest BCUT2D eigenvalue weighted by atomic mass is 9.52. The summed E-state index contributed by atoms with van der Waals surface area (Å²) < 4.78 is 81.1. The maximum Gasteiger partial charge on any atom is 0.453 e. The van der Waals surface area contributed by atoms with E-state index in [4.69, 9.17) is 4.74 Å². The number of ether oxygens (including phenoxy) is 1. The quantitative estimate of drug-likeness (QED) is 0.124. The molecule has 3 fully saturated rings. The van der Waals surface area contributed by atoms with Gasteiger partial charge < -0.3 is 14.5 Å². The van der Waals surface area contributed by atoms with Gasteiger partial charge in [0.1, 0.15) is 11.5 Å². The Kier molecular flexibility index (Phi) is 13.9. The number of nitrogens with zero attached hydrogens (tertiary/aromatic N) is 2. The van der Waals surface area contributed by atoms with E-state index in [0.29, 0.717) is 72.9 Å². The summed E-state index contributed by atoms with van der Waals surface area (Å²) in [5.41, 5.74) is 2.43. The SMILES string of the molecule is CN(C)C1CCN(C(=O)Oc2ccc3c(c2)C[C@@H](CCCCCCCCCS(=O)CCCC(F)(F)C(F)(F)F)[C@@H]2[C@@H]3CC[C@]3(C)C(=O)CC[C@@H]23)CC1. The third kappa shape index (κ3) is 9.77. The summed E-state index contributed by atoms with van der Waals surface area (Å²) in [7, 11) is 2.78. The van der Waals surface area contributed by atoms with E-state index >= 15 is 0 Å². The number of carbonyl (C=O) groups excluding carboxylic acids is 2. The Labute approximate surface area is 309 Å². The summed E-state index contributed by atoms with van der Waals surface area (Å²) >= 11 is 0. The average molecular weight is 759 g/mol. The van der Waals surface area contributed by atoms with E-state index in [1.165, 1.54) is 11.1 Å². The largest absolute Gasteiger partial charge is 0.453 e. The molecule has 1 heterocycles. The van der Waals surface area contributed by atoms with Crippen molar-refractivity contribution in [1.29, 1.82) is 0 Å². The summed E-state index contributed by atoms with van der Waals surface area (Å²) in [5.74, 6) is -1.71. The Morgan fingerprint density at radius 3 is 2.27 bits per heavy atom. The molecule has 0 aromatic heterocycles. The van der Waals surface area contributed by atoms with E-state index in [1.54, 1.807) is 0 Å². The van der Waals surface area contributed by atoms with Crippen LogP contribution in [0.5, 0.6) is 5.75 Å². The molecule has 1 aromatic rings. The third-order valence-electron chi connectivity index (χ3n) is 13.0. The number of Topliss-reactive ketones (excluding diaryl/α,β-unsaturated/α-hetero) is 1. The first kappa shape index (κ1) is 41.1. The van der Waals surface area contributed by atoms with Gasteiger partial charge in [0.25, 0.3) is 0 Å². The van der Waals surface area contributed by atoms with Gasteiger partial charge in [-0.15, -0.1) is 0 Å². The van der Waals surface area contributed by atoms with Crippen LogP contribution in [0.3, 0.4) is 0 Å². The molecule has 6 atom stereocenters. The topological polar surface area (TPSA) is 66.9 Å². The smallest absolute Gasteiger partial charge is 0.410 e. The summed E-state index contributed by atoms with van der Waals surface area (Å²) in [6.45, 7) is 3.60. The minimum Gasteiger partial charge on any atom is -0.410 e. The van der Waals surface area contributed by atoms with E-state index in [9.17, 15) is 35.8 Å². The molecule has 0 radical (unpaired) electrons. The second-order valence-electron chi connectivity index (χ2n) is 16.5. The number of rotatable bonds is 16. The van der Waals surface area contributed by atoms with E-state index in [1.807, 2.05) is 11.0 Å². The molecule has 294 valence electrons. The molecule has 1 unspecified atom stereocenters. The highest BCUT2D eigenvalue weighted by atomic mass is 32.2. The molecule has 1 saturated heterocycles. The molecule has 2 saturated carbocycles. The average Bonchev–Trinajstić information content (AvgIpc) is 3.40. The van der Waals surface area contributed by atoms with E-state index in [2.05, 4.69) is 38.1 Å². The first-order valence-corrected chi connectivity index (χ1v) is 21.2. The molecule has 1 amide bonds. The second kappa shape index (κ2) is 17.6. The molecule has 3 aliphatic carbocycles. The fourth-order valence-electron chi connectivity index (χ4n) is 9.87. The minimum atomic E-state index is -5.56. The molecular formula is C40H59F5N2O4S. The maximum absolute atomic E-state index is 13.1. The second-order valence-corrected chi connectivity index (χ2v) is 18.2. The zero-order chi connectivity index (χ0) is 37.7. The van der Waals surface area contributed by atoms with Crippen LogP contribution in [0.1, 0.15) is 127 Å². The molecule has 0 spiro atoms. The summed E-state index contributed by atoms with van der Waals surface area (Å²) in [6, 6.07) is 6.73. The summed E-state index contributed by atoms with van der Waals surface area (Å²) in [4.78, 5) is 30.2. The summed E-state index contributed by atoms with van der Waals surface area (Å²) in [5, 5.41) is 0. The third-order valence-corrected chi connectivity index (χ3v) is 14.5. The van der Waals surface area contributed by atoms with Gasteiger partial charge in [-0.2, -0.15) is 22.0 Å². The highest BCUT2D eigenvalue weighted by Crippen LogP contribution is 2.61. The number of likely N-dealkylation sites (tertiary alicyclic amines) is 1. The predicted octanol–water partition coefficient (Wildman–Crippen LogP) is 9.71. The Morgan fingerprint density at radius 2 is 1.60 bits per heavy atom. The molecule has 5 rings (SSSR count). The van der Waals surface area contributed by atoms with Gasteiger partial charge in [-0.25, -0.2) is 4.79 Å². The molecule has 1 aliphatic heterocycles. The molecule has 0 N–H and O–H groups in total. The molecular weight excluding hydrogens is 700 g/mol. The fraction of sp³-hybridized carbons (Fsp3) is 0.800. The van der Waals surface area contributed by atoms with Crippen LogP contribution in [-0.2, 0) is 22.0 Å². The van der Waals surface area contributed by atoms with Gasteiger partial charge in [0, 0.05) is 59.7 Å². The number of halogens is 5. The lowest BCUT2D eigenvalue weighted by Gasteiger charge is -2.51. The van der Waals surface area contributed by atoms with Gasteiger partial charge in [-0.05, 0) is 119 Å². The monoisotopic (exact) mass is 758 g/mol. The van der Waals surface area contributed by atoms with Crippen LogP contribution in [0.15, 0.2) is 18.2 Å². The number of piperidine rings is 1. The number of fused-ring (bicyclic) bond motifs is 5. The minimum absolute atomic E-state index is 0.129. The van der Waals surface area contributed by atoms with Gasteiger partial charge in [-0.3, -0.25) is 9.00 Å². The van der Waals surface area contributed by atoms with Crippen molar-refractivity contribution in [3.05, 3.63) is 29.3 Å². The summed E-state index contributed by atoms with van der Waals surface area (Å²) in [6.07, 6.45) is 6.80. The number of benzene rings is 1. The number of alkyl halides is 5. The van der Waals surface area contributed by atoms with Crippen LogP contribution >= 0.6 is 0 Å². The first-order valence-electron chi connectivity index (χ1n) is 19.7. The lowest BCUT2D eigenvalue weighted by molar-refractivity contribution is -0.284. The number of amides is 1. The van der Waals surface area contributed by atoms with Crippen molar-refractivity contribution in [3.63, 3.8) is 0 Å². The van der Waals surface area contributed by atoms with Crippen LogP contribution < -0.4 is 4.74 Å².